The number of para-hydroxylation sites is 1. The topological polar surface area (TPSA) is 75.7 Å². The van der Waals surface area contributed by atoms with Gasteiger partial charge in [-0.3, -0.25) is 14.5 Å². The molecule has 1 heterocycles. The van der Waals surface area contributed by atoms with E-state index >= 15 is 0 Å². The molecule has 1 aliphatic heterocycles. The second-order valence-electron chi connectivity index (χ2n) is 5.74. The number of imide groups is 1. The van der Waals surface area contributed by atoms with Crippen LogP contribution >= 0.6 is 0 Å². The highest BCUT2D eigenvalue weighted by molar-refractivity contribution is 6.07. The maximum absolute atomic E-state index is 12.6. The normalized spacial score (nSPS) is 16.8. The maximum atomic E-state index is 12.6. The fourth-order valence-electron chi connectivity index (χ4n) is 2.81. The van der Waals surface area contributed by atoms with Crippen LogP contribution in [-0.2, 0) is 20.9 Å². The minimum atomic E-state index is -0.693. The van der Waals surface area contributed by atoms with E-state index in [1.807, 2.05) is 30.3 Å². The molecule has 1 saturated heterocycles. The van der Waals surface area contributed by atoms with Gasteiger partial charge in [0.15, 0.2) is 0 Å². The van der Waals surface area contributed by atoms with Crippen molar-refractivity contribution in [2.75, 3.05) is 12.4 Å². The first-order valence-electron chi connectivity index (χ1n) is 7.92. The van der Waals surface area contributed by atoms with E-state index in [0.717, 1.165) is 5.56 Å². The lowest BCUT2D eigenvalue weighted by Gasteiger charge is -2.17. The van der Waals surface area contributed by atoms with E-state index in [9.17, 15) is 14.4 Å². The Morgan fingerprint density at radius 3 is 2.52 bits per heavy atom. The molecule has 6 nitrogen and oxygen atoms in total. The first-order valence-corrected chi connectivity index (χ1v) is 7.92. The SMILES string of the molecule is COC(=O)c1ccccc1N[C@@H]1CC(=O)N(Cc2ccccc2)C1=O. The summed E-state index contributed by atoms with van der Waals surface area (Å²) in [5.74, 6) is -1.03. The molecule has 1 N–H and O–H groups in total. The largest absolute Gasteiger partial charge is 0.465 e. The van der Waals surface area contributed by atoms with Crippen molar-refractivity contribution in [2.24, 2.45) is 0 Å². The number of rotatable bonds is 5. The summed E-state index contributed by atoms with van der Waals surface area (Å²) in [5.41, 5.74) is 1.69. The lowest BCUT2D eigenvalue weighted by Crippen LogP contribution is -2.34. The van der Waals surface area contributed by atoms with Crippen molar-refractivity contribution in [1.82, 2.24) is 4.90 Å². The lowest BCUT2D eigenvalue weighted by molar-refractivity contribution is -0.139. The Kier molecular flexibility index (Phi) is 4.79. The van der Waals surface area contributed by atoms with E-state index in [1.54, 1.807) is 24.3 Å². The monoisotopic (exact) mass is 338 g/mol. The summed E-state index contributed by atoms with van der Waals surface area (Å²) < 4.78 is 4.75. The van der Waals surface area contributed by atoms with E-state index in [2.05, 4.69) is 5.32 Å². The van der Waals surface area contributed by atoms with Crippen LogP contribution in [0.2, 0.25) is 0 Å². The van der Waals surface area contributed by atoms with Crippen LogP contribution in [0.25, 0.3) is 0 Å². The molecule has 1 fully saturated rings. The highest BCUT2D eigenvalue weighted by Crippen LogP contribution is 2.23. The van der Waals surface area contributed by atoms with Gasteiger partial charge in [-0.1, -0.05) is 42.5 Å². The third-order valence-electron chi connectivity index (χ3n) is 4.09. The van der Waals surface area contributed by atoms with Crippen molar-refractivity contribution in [3.05, 3.63) is 65.7 Å². The number of hydrogen-bond acceptors (Lipinski definition) is 5. The maximum Gasteiger partial charge on any atom is 0.339 e. The van der Waals surface area contributed by atoms with Gasteiger partial charge in [0.2, 0.25) is 5.91 Å². The summed E-state index contributed by atoms with van der Waals surface area (Å²) in [5, 5.41) is 3.01. The van der Waals surface area contributed by atoms with E-state index in [0.29, 0.717) is 11.3 Å². The first kappa shape index (κ1) is 16.7. The zero-order chi connectivity index (χ0) is 17.8. The number of hydrogen-bond donors (Lipinski definition) is 1. The Bertz CT molecular complexity index is 804. The van der Waals surface area contributed by atoms with E-state index in [4.69, 9.17) is 4.74 Å². The zero-order valence-electron chi connectivity index (χ0n) is 13.8. The number of anilines is 1. The van der Waals surface area contributed by atoms with Crippen LogP contribution in [0, 0.1) is 0 Å². The standard InChI is InChI=1S/C19H18N2O4/c1-25-19(24)14-9-5-6-10-15(14)20-16-11-17(22)21(18(16)23)12-13-7-3-2-4-8-13/h2-10,16,20H,11-12H2,1H3/t16-/m1/s1. The van der Waals surface area contributed by atoms with Crippen molar-refractivity contribution >= 4 is 23.5 Å². The number of carbonyl (C=O) groups excluding carboxylic acids is 3. The molecule has 1 atom stereocenters. The molecular formula is C19H18N2O4. The molecule has 2 aromatic carbocycles. The molecule has 0 spiro atoms. The van der Waals surface area contributed by atoms with E-state index in [-0.39, 0.29) is 24.8 Å². The quantitative estimate of drug-likeness (QED) is 0.668. The molecule has 6 heteroatoms. The summed E-state index contributed by atoms with van der Waals surface area (Å²) in [6, 6.07) is 15.4. The zero-order valence-corrected chi connectivity index (χ0v) is 13.8. The number of likely N-dealkylation sites (tertiary alicyclic amines) is 1. The van der Waals surface area contributed by atoms with Gasteiger partial charge in [-0.15, -0.1) is 0 Å². The number of carbonyl (C=O) groups is 3. The van der Waals surface area contributed by atoms with Crippen molar-refractivity contribution < 1.29 is 19.1 Å². The molecular weight excluding hydrogens is 320 g/mol. The van der Waals surface area contributed by atoms with Gasteiger partial charge in [0.1, 0.15) is 6.04 Å². The number of amides is 2. The van der Waals surface area contributed by atoms with Gasteiger partial charge in [-0.2, -0.15) is 0 Å². The number of methoxy groups -OCH3 is 1. The van der Waals surface area contributed by atoms with Gasteiger partial charge in [-0.05, 0) is 17.7 Å². The van der Waals surface area contributed by atoms with Crippen LogP contribution in [0.1, 0.15) is 22.3 Å². The number of nitrogens with one attached hydrogen (secondary N) is 1. The van der Waals surface area contributed by atoms with Crippen molar-refractivity contribution in [2.45, 2.75) is 19.0 Å². The predicted octanol–water partition coefficient (Wildman–Crippen LogP) is 2.21. The highest BCUT2D eigenvalue weighted by Gasteiger charge is 2.38. The summed E-state index contributed by atoms with van der Waals surface area (Å²) in [6.07, 6.45) is 0.0567. The molecule has 0 bridgehead atoms. The molecule has 25 heavy (non-hydrogen) atoms. The van der Waals surface area contributed by atoms with Crippen LogP contribution in [-0.4, -0.2) is 35.8 Å². The van der Waals surface area contributed by atoms with Crippen molar-refractivity contribution in [1.29, 1.82) is 0 Å². The third-order valence-corrected chi connectivity index (χ3v) is 4.09. The average molecular weight is 338 g/mol. The fourth-order valence-corrected chi connectivity index (χ4v) is 2.81. The van der Waals surface area contributed by atoms with Gasteiger partial charge in [0, 0.05) is 5.69 Å². The Morgan fingerprint density at radius 2 is 1.80 bits per heavy atom. The molecule has 1 aliphatic rings. The van der Waals surface area contributed by atoms with Crippen LogP contribution in [0.3, 0.4) is 0 Å². The fraction of sp³-hybridized carbons (Fsp3) is 0.211. The van der Waals surface area contributed by atoms with Crippen molar-refractivity contribution in [3.63, 3.8) is 0 Å². The number of esters is 1. The highest BCUT2D eigenvalue weighted by atomic mass is 16.5. The number of benzene rings is 2. The summed E-state index contributed by atoms with van der Waals surface area (Å²) >= 11 is 0. The van der Waals surface area contributed by atoms with Gasteiger partial charge < -0.3 is 10.1 Å². The molecule has 0 aromatic heterocycles. The smallest absolute Gasteiger partial charge is 0.339 e. The van der Waals surface area contributed by atoms with Crippen LogP contribution in [0.5, 0.6) is 0 Å². The van der Waals surface area contributed by atoms with Gasteiger partial charge in [0.25, 0.3) is 5.91 Å². The molecule has 0 radical (unpaired) electrons. The van der Waals surface area contributed by atoms with Gasteiger partial charge in [0.05, 0.1) is 25.6 Å². The van der Waals surface area contributed by atoms with Crippen LogP contribution < -0.4 is 5.32 Å². The molecule has 2 amide bonds. The summed E-state index contributed by atoms with van der Waals surface area (Å²) in [4.78, 5) is 37.9. The predicted molar refractivity (Wildman–Crippen MR) is 91.8 cm³/mol. The number of nitrogens with zero attached hydrogens (tertiary/aromatic N) is 1. The van der Waals surface area contributed by atoms with Gasteiger partial charge >= 0.3 is 5.97 Å². The Labute approximate surface area is 145 Å². The second-order valence-corrected chi connectivity index (χ2v) is 5.74. The minimum Gasteiger partial charge on any atom is -0.465 e. The minimum absolute atomic E-state index is 0.0567. The average Bonchev–Trinajstić information content (AvgIpc) is 2.90. The lowest BCUT2D eigenvalue weighted by atomic mass is 10.1. The Hall–Kier alpha value is -3.15. The molecule has 0 unspecified atom stereocenters. The van der Waals surface area contributed by atoms with Gasteiger partial charge in [-0.25, -0.2) is 4.79 Å². The molecule has 2 aromatic rings. The molecule has 128 valence electrons. The van der Waals surface area contributed by atoms with Crippen molar-refractivity contribution in [3.8, 4) is 0 Å². The second kappa shape index (κ2) is 7.17. The number of ether oxygens (including phenoxy) is 1. The summed E-state index contributed by atoms with van der Waals surface area (Å²) in [6.45, 7) is 0.245. The van der Waals surface area contributed by atoms with E-state index in [1.165, 1.54) is 12.0 Å². The summed E-state index contributed by atoms with van der Waals surface area (Å²) in [7, 11) is 1.30. The van der Waals surface area contributed by atoms with Crippen LogP contribution in [0.4, 0.5) is 5.69 Å². The Balaban J connectivity index is 1.76. The molecule has 0 aliphatic carbocycles. The van der Waals surface area contributed by atoms with E-state index < -0.39 is 12.0 Å². The molecule has 0 saturated carbocycles. The third kappa shape index (κ3) is 3.52. The first-order chi connectivity index (χ1) is 12.1. The molecule has 3 rings (SSSR count). The Morgan fingerprint density at radius 1 is 1.12 bits per heavy atom. The van der Waals surface area contributed by atoms with Crippen LogP contribution in [0.15, 0.2) is 54.6 Å².